The van der Waals surface area contributed by atoms with Crippen LogP contribution in [0, 0.1) is 20.8 Å². The SMILES string of the molecule is Cc1cccc([Si](c2cccc(C)c2)(c2cccc(C)c2)c2cc3c4c(c2)N(c2cccc5oc6ccccc6c25)c2cc(N(c5ccc(C(C)(C)C)cc5)c5ccccc5-c5ccccc5)ccc2B4c2sc4ccc(C(C)(C)C)cc4c2N3c2ccc(C(C)(C)C)cc2)c1. The summed E-state index contributed by atoms with van der Waals surface area (Å²) in [6.07, 6.45) is 0. The largest absolute Gasteiger partial charge is 0.456 e. The Morgan fingerprint density at radius 2 is 0.948 bits per heavy atom. The van der Waals surface area contributed by atoms with Gasteiger partial charge in [-0.05, 0) is 176 Å². The monoisotopic (exact) mass is 1280 g/mol. The van der Waals surface area contributed by atoms with Crippen LogP contribution < -0.4 is 51.1 Å². The fraction of sp³-hybridized carbons (Fsp3) is 0.169. The van der Waals surface area contributed by atoms with Crippen molar-refractivity contribution in [2.24, 2.45) is 0 Å². The van der Waals surface area contributed by atoms with Gasteiger partial charge < -0.3 is 19.1 Å². The number of para-hydroxylation sites is 2. The molecule has 96 heavy (non-hydrogen) atoms. The van der Waals surface area contributed by atoms with E-state index >= 15 is 0 Å². The highest BCUT2D eigenvalue weighted by atomic mass is 32.1. The molecule has 16 rings (SSSR count). The normalized spacial score (nSPS) is 13.1. The Morgan fingerprint density at radius 3 is 1.57 bits per heavy atom. The van der Waals surface area contributed by atoms with Crippen molar-refractivity contribution >= 4 is 146 Å². The first-order valence-corrected chi connectivity index (χ1v) is 36.8. The van der Waals surface area contributed by atoms with E-state index in [9.17, 15) is 0 Å². The minimum Gasteiger partial charge on any atom is -0.456 e. The molecule has 14 aromatic rings. The van der Waals surface area contributed by atoms with Gasteiger partial charge >= 0.3 is 0 Å². The molecule has 0 N–H and O–H groups in total. The molecule has 2 aliphatic heterocycles. The number of rotatable bonds is 10. The standard InChI is InChI=1S/C89H80BN3OSSi/c1-57-24-20-29-67(50-57)96(68-30-21-25-58(2)51-68,69-31-22-26-59(3)52-69)70-55-78-84-79(56-70)93(76-35-23-37-81-83(76)72-33-17-19-36-80(72)94-81)77-54-66(91(64-43-38-61(39-44-64)87(4,5)6)75-34-18-16-32-71(75)60-27-14-13-15-28-60)47-48-74(77)90(84)86-85(73-53-63(89(10,11)12)42-49-82(73)95-86)92(78)65-45-40-62(41-46-65)88(7,8)9/h13-56H,1-12H3. The molecule has 0 unspecified atom stereocenters. The van der Waals surface area contributed by atoms with Gasteiger partial charge in [-0.2, -0.15) is 0 Å². The second-order valence-electron chi connectivity index (χ2n) is 30.0. The molecular weight excluding hydrogens is 1200 g/mol. The van der Waals surface area contributed by atoms with Gasteiger partial charge in [0.15, 0.2) is 8.07 Å². The van der Waals surface area contributed by atoms with Gasteiger partial charge in [0.1, 0.15) is 11.2 Å². The van der Waals surface area contributed by atoms with Gasteiger partial charge in [-0.3, -0.25) is 0 Å². The maximum absolute atomic E-state index is 6.98. The third-order valence-electron chi connectivity index (χ3n) is 20.4. The van der Waals surface area contributed by atoms with Crippen molar-refractivity contribution in [1.82, 2.24) is 0 Å². The minimum absolute atomic E-state index is 0.0370. The predicted molar refractivity (Wildman–Crippen MR) is 417 cm³/mol. The summed E-state index contributed by atoms with van der Waals surface area (Å²) in [6.45, 7) is 27.5. The topological polar surface area (TPSA) is 22.9 Å². The maximum atomic E-state index is 6.98. The van der Waals surface area contributed by atoms with Crippen LogP contribution in [0.1, 0.15) is 95.7 Å². The first-order valence-electron chi connectivity index (χ1n) is 34.0. The van der Waals surface area contributed by atoms with Crippen molar-refractivity contribution in [3.63, 3.8) is 0 Å². The zero-order chi connectivity index (χ0) is 66.2. The Kier molecular flexibility index (Phi) is 14.5. The molecule has 0 bridgehead atoms. The number of furan rings is 1. The number of nitrogens with zero attached hydrogens (tertiary/aromatic N) is 3. The molecule has 7 heteroatoms. The molecule has 12 aromatic carbocycles. The van der Waals surface area contributed by atoms with E-state index in [1.807, 2.05) is 11.3 Å². The summed E-state index contributed by atoms with van der Waals surface area (Å²) in [5.41, 5.74) is 24.1. The van der Waals surface area contributed by atoms with Gasteiger partial charge in [-0.15, -0.1) is 11.3 Å². The summed E-state index contributed by atoms with van der Waals surface area (Å²) in [7, 11) is -3.38. The van der Waals surface area contributed by atoms with Crippen LogP contribution in [0.5, 0.6) is 0 Å². The van der Waals surface area contributed by atoms with Crippen LogP contribution >= 0.6 is 11.3 Å². The van der Waals surface area contributed by atoms with Crippen molar-refractivity contribution in [1.29, 1.82) is 0 Å². The van der Waals surface area contributed by atoms with Gasteiger partial charge in [0.25, 0.3) is 6.71 Å². The van der Waals surface area contributed by atoms with Crippen LogP contribution in [0.4, 0.5) is 51.2 Å². The van der Waals surface area contributed by atoms with Gasteiger partial charge in [-0.25, -0.2) is 0 Å². The highest BCUT2D eigenvalue weighted by molar-refractivity contribution is 7.33. The number of hydrogen-bond acceptors (Lipinski definition) is 5. The van der Waals surface area contributed by atoms with Gasteiger partial charge in [0.05, 0.1) is 22.4 Å². The first kappa shape index (κ1) is 61.0. The summed E-state index contributed by atoms with van der Waals surface area (Å²) in [5.74, 6) is 0. The van der Waals surface area contributed by atoms with Crippen molar-refractivity contribution in [3.05, 3.63) is 300 Å². The van der Waals surface area contributed by atoms with E-state index in [4.69, 9.17) is 4.42 Å². The van der Waals surface area contributed by atoms with E-state index in [1.54, 1.807) is 0 Å². The van der Waals surface area contributed by atoms with E-state index < -0.39 is 8.07 Å². The number of aryl methyl sites for hydroxylation is 3. The van der Waals surface area contributed by atoms with Crippen molar-refractivity contribution < 1.29 is 4.42 Å². The van der Waals surface area contributed by atoms with Gasteiger partial charge in [0.2, 0.25) is 0 Å². The molecule has 470 valence electrons. The Hall–Kier alpha value is -9.92. The second kappa shape index (κ2) is 22.9. The zero-order valence-electron chi connectivity index (χ0n) is 57.1. The summed E-state index contributed by atoms with van der Waals surface area (Å²) >= 11 is 1.97. The average molecular weight is 1280 g/mol. The second-order valence-corrected chi connectivity index (χ2v) is 34.9. The van der Waals surface area contributed by atoms with Crippen molar-refractivity contribution in [2.75, 3.05) is 14.7 Å². The fourth-order valence-corrected chi connectivity index (χ4v) is 21.9. The highest BCUT2D eigenvalue weighted by Crippen LogP contribution is 2.52. The van der Waals surface area contributed by atoms with Crippen LogP contribution in [0.25, 0.3) is 43.2 Å². The molecular formula is C89H80BN3OSSi. The lowest BCUT2D eigenvalue weighted by atomic mass is 9.36. The molecule has 2 aliphatic rings. The van der Waals surface area contributed by atoms with E-state index in [2.05, 4.69) is 365 Å². The molecule has 4 heterocycles. The summed E-state index contributed by atoms with van der Waals surface area (Å²) in [5, 5.41) is 8.76. The average Bonchev–Trinajstić information content (AvgIpc) is 1.20. The van der Waals surface area contributed by atoms with Gasteiger partial charge in [0, 0.05) is 59.9 Å². The minimum atomic E-state index is -3.38. The number of fused-ring (bicyclic) bond motifs is 9. The predicted octanol–water partition coefficient (Wildman–Crippen LogP) is 20.2. The molecule has 0 spiro atoms. The Labute approximate surface area is 571 Å². The zero-order valence-corrected chi connectivity index (χ0v) is 59.0. The van der Waals surface area contributed by atoms with Crippen LogP contribution in [0.3, 0.4) is 0 Å². The number of thiophene rings is 1. The molecule has 0 amide bonds. The highest BCUT2D eigenvalue weighted by Gasteiger charge is 2.50. The van der Waals surface area contributed by atoms with E-state index in [1.165, 1.54) is 91.3 Å². The van der Waals surface area contributed by atoms with Crippen LogP contribution in [0.2, 0.25) is 0 Å². The van der Waals surface area contributed by atoms with Crippen LogP contribution in [-0.2, 0) is 16.2 Å². The fourth-order valence-electron chi connectivity index (χ4n) is 15.6. The molecule has 0 saturated carbocycles. The molecule has 2 aromatic heterocycles. The van der Waals surface area contributed by atoms with Crippen molar-refractivity contribution in [2.45, 2.75) is 99.3 Å². The lowest BCUT2D eigenvalue weighted by molar-refractivity contribution is 0.590. The number of anilines is 9. The molecule has 0 radical (unpaired) electrons. The van der Waals surface area contributed by atoms with Crippen LogP contribution in [-0.4, -0.2) is 14.8 Å². The van der Waals surface area contributed by atoms with Gasteiger partial charge in [-0.1, -0.05) is 261 Å². The van der Waals surface area contributed by atoms with Crippen LogP contribution in [0.15, 0.2) is 271 Å². The molecule has 0 aliphatic carbocycles. The molecule has 4 nitrogen and oxygen atoms in total. The third kappa shape index (κ3) is 10.1. The lowest BCUT2D eigenvalue weighted by Crippen LogP contribution is -2.75. The summed E-state index contributed by atoms with van der Waals surface area (Å²) in [6, 6.07) is 103. The Morgan fingerprint density at radius 1 is 0.406 bits per heavy atom. The quantitative estimate of drug-likeness (QED) is 0.101. The molecule has 0 saturated heterocycles. The Bertz CT molecular complexity index is 5260. The summed E-state index contributed by atoms with van der Waals surface area (Å²) in [4.78, 5) is 7.87. The van der Waals surface area contributed by atoms with E-state index in [0.29, 0.717) is 0 Å². The lowest BCUT2D eigenvalue weighted by Gasteiger charge is -2.45. The molecule has 0 fully saturated rings. The third-order valence-corrected chi connectivity index (χ3v) is 26.3. The maximum Gasteiger partial charge on any atom is 0.264 e. The van der Waals surface area contributed by atoms with Crippen molar-refractivity contribution in [3.8, 4) is 11.1 Å². The smallest absolute Gasteiger partial charge is 0.264 e. The molecule has 0 atom stereocenters. The Balaban J connectivity index is 1.10. The van der Waals surface area contributed by atoms with E-state index in [-0.39, 0.29) is 23.0 Å². The summed E-state index contributed by atoms with van der Waals surface area (Å²) < 4.78 is 9.59. The number of benzene rings is 12. The number of hydrogen-bond donors (Lipinski definition) is 0. The first-order chi connectivity index (χ1) is 46.2. The van der Waals surface area contributed by atoms with E-state index in [0.717, 1.165) is 72.9 Å².